The Morgan fingerprint density at radius 1 is 1.21 bits per heavy atom. The van der Waals surface area contributed by atoms with Gasteiger partial charge in [0.1, 0.15) is 0 Å². The molecule has 0 fully saturated rings. The van der Waals surface area contributed by atoms with Crippen LogP contribution in [-0.4, -0.2) is 27.0 Å². The van der Waals surface area contributed by atoms with E-state index in [4.69, 9.17) is 23.2 Å². The molecule has 1 amide bonds. The lowest BCUT2D eigenvalue weighted by molar-refractivity contribution is 0.0952. The topological polar surface area (TPSA) is 59.3 Å². The Morgan fingerprint density at radius 3 is 2.61 bits per heavy atom. The van der Waals surface area contributed by atoms with Gasteiger partial charge in [0.25, 0.3) is 5.91 Å². The lowest BCUT2D eigenvalue weighted by Crippen LogP contribution is -2.27. The average Bonchev–Trinajstić information content (AvgIpc) is 3.07. The van der Waals surface area contributed by atoms with E-state index in [0.29, 0.717) is 35.0 Å². The van der Waals surface area contributed by atoms with Gasteiger partial charge in [0.15, 0.2) is 5.65 Å². The van der Waals surface area contributed by atoms with Crippen LogP contribution in [0.25, 0.3) is 5.65 Å². The number of hydrogen-bond donors (Lipinski definition) is 1. The van der Waals surface area contributed by atoms with Gasteiger partial charge in [-0.15, -0.1) is 0 Å². The molecule has 2 aromatic heterocycles. The van der Waals surface area contributed by atoms with Gasteiger partial charge < -0.3 is 5.32 Å². The first-order valence-corrected chi connectivity index (χ1v) is 10.1. The zero-order valence-electron chi connectivity index (χ0n) is 16.5. The van der Waals surface area contributed by atoms with E-state index in [9.17, 15) is 4.79 Å². The van der Waals surface area contributed by atoms with Crippen LogP contribution in [0.15, 0.2) is 30.5 Å². The van der Waals surface area contributed by atoms with E-state index in [1.807, 2.05) is 19.1 Å². The smallest absolute Gasteiger partial charge is 0.254 e. The van der Waals surface area contributed by atoms with Crippen molar-refractivity contribution in [2.75, 3.05) is 6.54 Å². The number of halogens is 2. The van der Waals surface area contributed by atoms with Crippen molar-refractivity contribution in [1.82, 2.24) is 19.9 Å². The second-order valence-electron chi connectivity index (χ2n) is 7.76. The van der Waals surface area contributed by atoms with Gasteiger partial charge in [-0.3, -0.25) is 4.79 Å². The number of rotatable bonds is 5. The zero-order valence-corrected chi connectivity index (χ0v) is 18.0. The number of carbonyl (C=O) groups excluding carboxylic acids is 1. The fraction of sp³-hybridized carbons (Fsp3) is 0.381. The summed E-state index contributed by atoms with van der Waals surface area (Å²) >= 11 is 12.1. The van der Waals surface area contributed by atoms with E-state index in [1.165, 1.54) is 0 Å². The summed E-state index contributed by atoms with van der Waals surface area (Å²) in [7, 11) is 0. The molecule has 7 heteroatoms. The number of benzene rings is 1. The number of aromatic nitrogens is 3. The van der Waals surface area contributed by atoms with Gasteiger partial charge >= 0.3 is 0 Å². The molecule has 0 unspecified atom stereocenters. The van der Waals surface area contributed by atoms with Crippen LogP contribution in [0.3, 0.4) is 0 Å². The first kappa shape index (κ1) is 20.6. The molecule has 0 aliphatic heterocycles. The number of nitrogens with one attached hydrogen (secondary N) is 1. The predicted molar refractivity (Wildman–Crippen MR) is 114 cm³/mol. The largest absolute Gasteiger partial charge is 0.352 e. The number of aryl methyl sites for hydroxylation is 1. The average molecular weight is 419 g/mol. The molecule has 0 saturated heterocycles. The van der Waals surface area contributed by atoms with Crippen molar-refractivity contribution >= 4 is 34.8 Å². The van der Waals surface area contributed by atoms with Crippen molar-refractivity contribution in [3.05, 3.63) is 63.0 Å². The lowest BCUT2D eigenvalue weighted by Gasteiger charge is -2.14. The van der Waals surface area contributed by atoms with Crippen molar-refractivity contribution in [3.63, 3.8) is 0 Å². The second-order valence-corrected chi connectivity index (χ2v) is 8.61. The molecule has 0 atom stereocenters. The third kappa shape index (κ3) is 4.31. The van der Waals surface area contributed by atoms with E-state index in [1.54, 1.807) is 22.8 Å². The summed E-state index contributed by atoms with van der Waals surface area (Å²) in [6.45, 7) is 8.80. The monoisotopic (exact) mass is 418 g/mol. The summed E-state index contributed by atoms with van der Waals surface area (Å²) in [4.78, 5) is 17.2. The van der Waals surface area contributed by atoms with Gasteiger partial charge in [-0.1, -0.05) is 57.0 Å². The molecule has 0 bridgehead atoms. The van der Waals surface area contributed by atoms with Crippen LogP contribution in [-0.2, 0) is 18.3 Å². The molecule has 1 N–H and O–H groups in total. The molecular formula is C21H24Cl2N4O. The minimum Gasteiger partial charge on any atom is -0.352 e. The van der Waals surface area contributed by atoms with E-state index in [2.05, 4.69) is 36.2 Å². The number of carbonyl (C=O) groups is 1. The van der Waals surface area contributed by atoms with Crippen LogP contribution in [0, 0.1) is 0 Å². The third-order valence-corrected chi connectivity index (χ3v) is 5.21. The van der Waals surface area contributed by atoms with Gasteiger partial charge in [-0.25, -0.2) is 9.50 Å². The Kier molecular flexibility index (Phi) is 5.96. The van der Waals surface area contributed by atoms with Crippen LogP contribution >= 0.6 is 23.2 Å². The number of amides is 1. The number of nitrogens with zero attached hydrogens (tertiary/aromatic N) is 3. The molecule has 0 saturated carbocycles. The summed E-state index contributed by atoms with van der Waals surface area (Å²) in [5, 5.41) is 8.84. The molecule has 3 aromatic rings. The Hall–Kier alpha value is -2.11. The van der Waals surface area contributed by atoms with Crippen molar-refractivity contribution in [3.8, 4) is 0 Å². The predicted octanol–water partition coefficient (Wildman–Crippen LogP) is 4.87. The molecule has 0 radical (unpaired) electrons. The summed E-state index contributed by atoms with van der Waals surface area (Å²) in [5.41, 5.74) is 3.95. The summed E-state index contributed by atoms with van der Waals surface area (Å²) in [6.07, 6.45) is 2.93. The molecule has 0 aliphatic carbocycles. The second kappa shape index (κ2) is 8.10. The van der Waals surface area contributed by atoms with Crippen LogP contribution in [0.4, 0.5) is 0 Å². The maximum atomic E-state index is 12.8. The molecule has 0 spiro atoms. The van der Waals surface area contributed by atoms with E-state index in [-0.39, 0.29) is 11.3 Å². The van der Waals surface area contributed by atoms with Gasteiger partial charge in [0, 0.05) is 34.3 Å². The first-order valence-electron chi connectivity index (χ1n) is 9.31. The highest BCUT2D eigenvalue weighted by Crippen LogP contribution is 2.23. The van der Waals surface area contributed by atoms with Crippen molar-refractivity contribution in [1.29, 1.82) is 0 Å². The maximum Gasteiger partial charge on any atom is 0.254 e. The fourth-order valence-electron chi connectivity index (χ4n) is 3.01. The Bertz CT molecular complexity index is 1020. The number of fused-ring (bicyclic) bond motifs is 1. The third-order valence-electron chi connectivity index (χ3n) is 4.63. The minimum atomic E-state index is -0.163. The van der Waals surface area contributed by atoms with Gasteiger partial charge in [-0.05, 0) is 30.5 Å². The standard InChI is InChI=1S/C21H24Cl2N4O/c1-5-17-15(12-25-19-11-18(21(2,3)4)26-27(17)19)20(28)24-9-8-13-6-7-14(22)10-16(13)23/h6-7,10-12H,5,8-9H2,1-4H3,(H,24,28). The number of hydrogen-bond acceptors (Lipinski definition) is 3. The molecule has 1 aromatic carbocycles. The molecule has 0 aliphatic rings. The highest BCUT2D eigenvalue weighted by Gasteiger charge is 2.21. The Labute approximate surface area is 175 Å². The summed E-state index contributed by atoms with van der Waals surface area (Å²) in [5.74, 6) is -0.163. The Balaban J connectivity index is 1.79. The zero-order chi connectivity index (χ0) is 20.5. The van der Waals surface area contributed by atoms with Crippen LogP contribution in [0.5, 0.6) is 0 Å². The van der Waals surface area contributed by atoms with Crippen molar-refractivity contribution < 1.29 is 4.79 Å². The molecule has 3 rings (SSSR count). The minimum absolute atomic E-state index is 0.0843. The van der Waals surface area contributed by atoms with Crippen LogP contribution < -0.4 is 5.32 Å². The van der Waals surface area contributed by atoms with Gasteiger partial charge in [0.2, 0.25) is 0 Å². The summed E-state index contributed by atoms with van der Waals surface area (Å²) in [6, 6.07) is 7.35. The van der Waals surface area contributed by atoms with E-state index < -0.39 is 0 Å². The van der Waals surface area contributed by atoms with E-state index >= 15 is 0 Å². The highest BCUT2D eigenvalue weighted by molar-refractivity contribution is 6.35. The normalized spacial score (nSPS) is 11.8. The lowest BCUT2D eigenvalue weighted by atomic mass is 9.93. The Morgan fingerprint density at radius 2 is 1.96 bits per heavy atom. The van der Waals surface area contributed by atoms with Crippen LogP contribution in [0.1, 0.15) is 55.0 Å². The van der Waals surface area contributed by atoms with Crippen molar-refractivity contribution in [2.24, 2.45) is 0 Å². The first-order chi connectivity index (χ1) is 13.2. The summed E-state index contributed by atoms with van der Waals surface area (Å²) < 4.78 is 1.78. The molecule has 148 valence electrons. The van der Waals surface area contributed by atoms with Gasteiger partial charge in [-0.2, -0.15) is 5.10 Å². The molecule has 2 heterocycles. The SMILES string of the molecule is CCc1c(C(=O)NCCc2ccc(Cl)cc2Cl)cnc2cc(C(C)(C)C)nn12. The highest BCUT2D eigenvalue weighted by atomic mass is 35.5. The molecule has 28 heavy (non-hydrogen) atoms. The molecule has 5 nitrogen and oxygen atoms in total. The van der Waals surface area contributed by atoms with E-state index in [0.717, 1.165) is 22.6 Å². The fourth-order valence-corrected chi connectivity index (χ4v) is 3.51. The van der Waals surface area contributed by atoms with Crippen LogP contribution in [0.2, 0.25) is 10.0 Å². The molecular weight excluding hydrogens is 395 g/mol. The van der Waals surface area contributed by atoms with Gasteiger partial charge in [0.05, 0.1) is 17.0 Å². The maximum absolute atomic E-state index is 12.8. The quantitative estimate of drug-likeness (QED) is 0.642. The van der Waals surface area contributed by atoms with Crippen molar-refractivity contribution in [2.45, 2.75) is 46.0 Å².